The fourth-order valence-corrected chi connectivity index (χ4v) is 2.97. The van der Waals surface area contributed by atoms with E-state index in [4.69, 9.17) is 5.73 Å². The SMILES string of the molecule is C1CCCCC1.Cn1nnc(-c2ccnc(N)n2)c1CC1CC1. The quantitative estimate of drug-likeness (QED) is 0.941. The van der Waals surface area contributed by atoms with Gasteiger partial charge in [0.1, 0.15) is 5.69 Å². The third kappa shape index (κ3) is 4.50. The highest BCUT2D eigenvalue weighted by Gasteiger charge is 2.26. The number of hydrogen-bond donors (Lipinski definition) is 1. The van der Waals surface area contributed by atoms with Crippen LogP contribution in [0.4, 0.5) is 5.95 Å². The van der Waals surface area contributed by atoms with E-state index in [-0.39, 0.29) is 5.95 Å². The summed E-state index contributed by atoms with van der Waals surface area (Å²) in [6, 6.07) is 1.82. The Morgan fingerprint density at radius 2 is 1.78 bits per heavy atom. The van der Waals surface area contributed by atoms with Gasteiger partial charge in [-0.2, -0.15) is 0 Å². The maximum atomic E-state index is 5.59. The summed E-state index contributed by atoms with van der Waals surface area (Å²) in [5, 5.41) is 8.24. The smallest absolute Gasteiger partial charge is 0.220 e. The number of nitrogen functional groups attached to an aromatic ring is 1. The molecule has 2 fully saturated rings. The topological polar surface area (TPSA) is 82.5 Å². The minimum absolute atomic E-state index is 0.269. The van der Waals surface area contributed by atoms with Crippen molar-refractivity contribution in [2.24, 2.45) is 13.0 Å². The van der Waals surface area contributed by atoms with Crippen LogP contribution < -0.4 is 5.73 Å². The van der Waals surface area contributed by atoms with Gasteiger partial charge < -0.3 is 5.73 Å². The summed E-state index contributed by atoms with van der Waals surface area (Å²) in [7, 11) is 1.92. The Morgan fingerprint density at radius 3 is 2.35 bits per heavy atom. The Hall–Kier alpha value is -1.98. The number of nitrogens with two attached hydrogens (primary N) is 1. The average Bonchev–Trinajstić information content (AvgIpc) is 3.33. The van der Waals surface area contributed by atoms with Gasteiger partial charge in [-0.25, -0.2) is 9.97 Å². The lowest BCUT2D eigenvalue weighted by Gasteiger charge is -2.05. The first-order chi connectivity index (χ1) is 11.2. The number of rotatable bonds is 3. The normalized spacial score (nSPS) is 17.4. The zero-order valence-corrected chi connectivity index (χ0v) is 13.9. The van der Waals surface area contributed by atoms with Crippen molar-refractivity contribution in [3.63, 3.8) is 0 Å². The van der Waals surface area contributed by atoms with Gasteiger partial charge in [-0.3, -0.25) is 4.68 Å². The Morgan fingerprint density at radius 1 is 1.13 bits per heavy atom. The van der Waals surface area contributed by atoms with Crippen molar-refractivity contribution in [2.75, 3.05) is 5.73 Å². The highest BCUT2D eigenvalue weighted by molar-refractivity contribution is 5.57. The lowest BCUT2D eigenvalue weighted by molar-refractivity contribution is 0.504. The molecule has 0 aromatic carbocycles. The molecule has 2 aromatic heterocycles. The molecule has 2 aromatic rings. The van der Waals surface area contributed by atoms with E-state index in [0.29, 0.717) is 0 Å². The van der Waals surface area contributed by atoms with Crippen molar-refractivity contribution in [3.05, 3.63) is 18.0 Å². The monoisotopic (exact) mass is 314 g/mol. The van der Waals surface area contributed by atoms with Crippen LogP contribution in [0.5, 0.6) is 0 Å². The lowest BCUT2D eigenvalue weighted by Crippen LogP contribution is -2.02. The van der Waals surface area contributed by atoms with Crippen LogP contribution in [-0.4, -0.2) is 25.0 Å². The minimum atomic E-state index is 0.269. The molecule has 6 nitrogen and oxygen atoms in total. The largest absolute Gasteiger partial charge is 0.368 e. The second-order valence-electron chi connectivity index (χ2n) is 6.58. The van der Waals surface area contributed by atoms with Gasteiger partial charge in [0, 0.05) is 13.2 Å². The minimum Gasteiger partial charge on any atom is -0.368 e. The number of nitrogens with zero attached hydrogens (tertiary/aromatic N) is 5. The van der Waals surface area contributed by atoms with E-state index in [9.17, 15) is 0 Å². The van der Waals surface area contributed by atoms with Crippen LogP contribution in [-0.2, 0) is 13.5 Å². The Bertz CT molecular complexity index is 616. The molecule has 0 amide bonds. The van der Waals surface area contributed by atoms with Gasteiger partial charge in [-0.05, 0) is 31.2 Å². The zero-order chi connectivity index (χ0) is 16.1. The summed E-state index contributed by atoms with van der Waals surface area (Å²) in [4.78, 5) is 8.08. The van der Waals surface area contributed by atoms with Gasteiger partial charge in [0.25, 0.3) is 0 Å². The van der Waals surface area contributed by atoms with E-state index in [1.165, 1.54) is 51.4 Å². The van der Waals surface area contributed by atoms with Crippen LogP contribution in [0.15, 0.2) is 12.3 Å². The number of aryl methyl sites for hydroxylation is 1. The van der Waals surface area contributed by atoms with E-state index < -0.39 is 0 Å². The van der Waals surface area contributed by atoms with E-state index in [0.717, 1.165) is 29.4 Å². The zero-order valence-electron chi connectivity index (χ0n) is 13.9. The van der Waals surface area contributed by atoms with Crippen LogP contribution in [0.1, 0.15) is 57.1 Å². The molecule has 2 saturated carbocycles. The van der Waals surface area contributed by atoms with Crippen LogP contribution in [0.2, 0.25) is 0 Å². The molecular formula is C17H26N6. The Balaban J connectivity index is 0.000000220. The van der Waals surface area contributed by atoms with Crippen molar-refractivity contribution in [3.8, 4) is 11.4 Å². The van der Waals surface area contributed by atoms with E-state index in [1.807, 2.05) is 17.8 Å². The summed E-state index contributed by atoms with van der Waals surface area (Å²) >= 11 is 0. The maximum absolute atomic E-state index is 5.59. The molecule has 2 aliphatic carbocycles. The molecule has 6 heteroatoms. The summed E-state index contributed by atoms with van der Waals surface area (Å²) in [5.74, 6) is 1.05. The predicted octanol–water partition coefficient (Wildman–Crippen LogP) is 3.15. The summed E-state index contributed by atoms with van der Waals surface area (Å²) < 4.78 is 1.83. The Labute approximate surface area is 137 Å². The average molecular weight is 314 g/mol. The molecule has 0 aliphatic heterocycles. The van der Waals surface area contributed by atoms with Crippen molar-refractivity contribution in [2.45, 2.75) is 57.8 Å². The molecule has 23 heavy (non-hydrogen) atoms. The predicted molar refractivity (Wildman–Crippen MR) is 90.6 cm³/mol. The van der Waals surface area contributed by atoms with Crippen LogP contribution in [0, 0.1) is 5.92 Å². The molecule has 124 valence electrons. The molecule has 2 aliphatic rings. The molecule has 0 atom stereocenters. The highest BCUT2D eigenvalue weighted by atomic mass is 15.4. The molecular weight excluding hydrogens is 288 g/mol. The van der Waals surface area contributed by atoms with Crippen LogP contribution in [0.3, 0.4) is 0 Å². The maximum Gasteiger partial charge on any atom is 0.220 e. The molecule has 2 heterocycles. The highest BCUT2D eigenvalue weighted by Crippen LogP contribution is 2.34. The molecule has 0 saturated heterocycles. The summed E-state index contributed by atoms with van der Waals surface area (Å²) in [6.45, 7) is 0. The number of hydrogen-bond acceptors (Lipinski definition) is 5. The first kappa shape index (κ1) is 15.9. The number of anilines is 1. The van der Waals surface area contributed by atoms with Gasteiger partial charge in [0.05, 0.1) is 11.4 Å². The number of aromatic nitrogens is 5. The summed E-state index contributed by atoms with van der Waals surface area (Å²) in [5.41, 5.74) is 8.30. The van der Waals surface area contributed by atoms with Crippen molar-refractivity contribution < 1.29 is 0 Å². The first-order valence-electron chi connectivity index (χ1n) is 8.71. The van der Waals surface area contributed by atoms with Crippen molar-refractivity contribution >= 4 is 5.95 Å². The molecule has 0 radical (unpaired) electrons. The van der Waals surface area contributed by atoms with Crippen LogP contribution in [0.25, 0.3) is 11.4 Å². The van der Waals surface area contributed by atoms with Gasteiger partial charge in [0.2, 0.25) is 5.95 Å². The van der Waals surface area contributed by atoms with E-state index in [2.05, 4.69) is 20.3 Å². The molecule has 0 bridgehead atoms. The molecule has 2 N–H and O–H groups in total. The fraction of sp³-hybridized carbons (Fsp3) is 0.647. The molecule has 0 unspecified atom stereocenters. The third-order valence-corrected chi connectivity index (χ3v) is 4.54. The lowest BCUT2D eigenvalue weighted by atomic mass is 10.0. The van der Waals surface area contributed by atoms with Crippen molar-refractivity contribution in [1.82, 2.24) is 25.0 Å². The van der Waals surface area contributed by atoms with Gasteiger partial charge >= 0.3 is 0 Å². The van der Waals surface area contributed by atoms with Gasteiger partial charge in [0.15, 0.2) is 0 Å². The fourth-order valence-electron chi connectivity index (χ4n) is 2.97. The van der Waals surface area contributed by atoms with Crippen molar-refractivity contribution in [1.29, 1.82) is 0 Å². The molecule has 0 spiro atoms. The molecule has 4 rings (SSSR count). The third-order valence-electron chi connectivity index (χ3n) is 4.54. The second-order valence-corrected chi connectivity index (χ2v) is 6.58. The Kier molecular flexibility index (Phi) is 5.20. The van der Waals surface area contributed by atoms with E-state index >= 15 is 0 Å². The second kappa shape index (κ2) is 7.53. The van der Waals surface area contributed by atoms with Gasteiger partial charge in [-0.15, -0.1) is 5.10 Å². The van der Waals surface area contributed by atoms with E-state index in [1.54, 1.807) is 6.20 Å². The van der Waals surface area contributed by atoms with Crippen LogP contribution >= 0.6 is 0 Å². The van der Waals surface area contributed by atoms with Gasteiger partial charge in [-0.1, -0.05) is 43.7 Å². The summed E-state index contributed by atoms with van der Waals surface area (Å²) in [6.07, 6.45) is 14.3. The standard InChI is InChI=1S/C11H14N6.C6H12/c1-17-9(6-7-2-3-7)10(15-16-17)8-4-5-13-11(12)14-8;1-2-4-6-5-3-1/h4-5,7H,2-3,6H2,1H3,(H2,12,13,14);1-6H2. The first-order valence-corrected chi connectivity index (χ1v) is 8.71.